The number of nitrogens with two attached hydrogens (primary N) is 1. The van der Waals surface area contributed by atoms with Crippen LogP contribution in [0.2, 0.25) is 0 Å². The van der Waals surface area contributed by atoms with E-state index < -0.39 is 0 Å². The zero-order chi connectivity index (χ0) is 16.6. The zero-order valence-corrected chi connectivity index (χ0v) is 13.0. The van der Waals surface area contributed by atoms with E-state index in [1.54, 1.807) is 12.1 Å². The molecule has 1 aromatic heterocycles. The average molecular weight is 310 g/mol. The lowest BCUT2D eigenvalue weighted by Crippen LogP contribution is -2.14. The third-order valence-electron chi connectivity index (χ3n) is 4.02. The average Bonchev–Trinajstić information content (AvgIpc) is 2.91. The standard InChI is InChI=1S/C17H18N4O2/c1-9-7-13-15(21-17(23)19-13)14(10(9)2)20-16(22)12-5-3-11(8-18)4-6-12/h3-7H,8,18H2,1-2H3,(H,20,22)(H2,19,21,23). The van der Waals surface area contributed by atoms with Crippen molar-refractivity contribution < 1.29 is 4.79 Å². The molecule has 0 aliphatic rings. The molecule has 1 amide bonds. The second kappa shape index (κ2) is 5.73. The molecule has 3 aromatic rings. The highest BCUT2D eigenvalue weighted by Crippen LogP contribution is 2.27. The van der Waals surface area contributed by atoms with Gasteiger partial charge in [-0.1, -0.05) is 12.1 Å². The fourth-order valence-electron chi connectivity index (χ4n) is 2.55. The summed E-state index contributed by atoms with van der Waals surface area (Å²) in [5.74, 6) is -0.231. The summed E-state index contributed by atoms with van der Waals surface area (Å²) in [5, 5.41) is 2.90. The molecule has 23 heavy (non-hydrogen) atoms. The van der Waals surface area contributed by atoms with E-state index in [0.717, 1.165) is 16.7 Å². The minimum Gasteiger partial charge on any atom is -0.326 e. The molecule has 0 fully saturated rings. The molecule has 0 atom stereocenters. The smallest absolute Gasteiger partial charge is 0.323 e. The Morgan fingerprint density at radius 2 is 1.87 bits per heavy atom. The van der Waals surface area contributed by atoms with Crippen LogP contribution in [0.1, 0.15) is 27.0 Å². The molecule has 0 saturated heterocycles. The highest BCUT2D eigenvalue weighted by atomic mass is 16.2. The van der Waals surface area contributed by atoms with Gasteiger partial charge in [0, 0.05) is 12.1 Å². The first-order valence-electron chi connectivity index (χ1n) is 7.32. The Bertz CT molecular complexity index is 936. The van der Waals surface area contributed by atoms with Crippen molar-refractivity contribution in [1.82, 2.24) is 9.97 Å². The van der Waals surface area contributed by atoms with E-state index in [4.69, 9.17) is 5.73 Å². The van der Waals surface area contributed by atoms with Gasteiger partial charge in [-0.15, -0.1) is 0 Å². The SMILES string of the molecule is Cc1cc2[nH]c(=O)[nH]c2c(NC(=O)c2ccc(CN)cc2)c1C. The third-order valence-corrected chi connectivity index (χ3v) is 4.02. The van der Waals surface area contributed by atoms with Crippen LogP contribution in [0, 0.1) is 13.8 Å². The van der Waals surface area contributed by atoms with E-state index in [9.17, 15) is 9.59 Å². The van der Waals surface area contributed by atoms with Crippen LogP contribution in [0.3, 0.4) is 0 Å². The lowest BCUT2D eigenvalue weighted by molar-refractivity contribution is 0.102. The van der Waals surface area contributed by atoms with Crippen LogP contribution >= 0.6 is 0 Å². The summed E-state index contributed by atoms with van der Waals surface area (Å²) in [6.45, 7) is 4.28. The number of rotatable bonds is 3. The normalized spacial score (nSPS) is 10.9. The van der Waals surface area contributed by atoms with Crippen LogP contribution in [0.15, 0.2) is 35.1 Å². The summed E-state index contributed by atoms with van der Waals surface area (Å²) in [5.41, 5.74) is 10.6. The van der Waals surface area contributed by atoms with E-state index in [1.165, 1.54) is 0 Å². The molecule has 0 bridgehead atoms. The number of aromatic nitrogens is 2. The number of H-pyrrole nitrogens is 2. The Morgan fingerprint density at radius 1 is 1.17 bits per heavy atom. The van der Waals surface area contributed by atoms with Gasteiger partial charge in [-0.05, 0) is 48.7 Å². The molecule has 0 aliphatic carbocycles. The van der Waals surface area contributed by atoms with E-state index in [2.05, 4.69) is 15.3 Å². The van der Waals surface area contributed by atoms with Gasteiger partial charge in [0.25, 0.3) is 5.91 Å². The number of anilines is 1. The van der Waals surface area contributed by atoms with Gasteiger partial charge in [-0.3, -0.25) is 4.79 Å². The van der Waals surface area contributed by atoms with Gasteiger partial charge >= 0.3 is 5.69 Å². The Balaban J connectivity index is 2.01. The predicted molar refractivity (Wildman–Crippen MR) is 90.7 cm³/mol. The van der Waals surface area contributed by atoms with Crippen molar-refractivity contribution in [3.8, 4) is 0 Å². The van der Waals surface area contributed by atoms with Crippen LogP contribution in [-0.2, 0) is 6.54 Å². The zero-order valence-electron chi connectivity index (χ0n) is 13.0. The number of hydrogen-bond donors (Lipinski definition) is 4. The number of benzene rings is 2. The van der Waals surface area contributed by atoms with E-state index in [1.807, 2.05) is 32.0 Å². The van der Waals surface area contributed by atoms with Crippen molar-refractivity contribution in [2.45, 2.75) is 20.4 Å². The number of fused-ring (bicyclic) bond motifs is 1. The molecule has 0 radical (unpaired) electrons. The van der Waals surface area contributed by atoms with Crippen LogP contribution < -0.4 is 16.7 Å². The molecule has 0 saturated carbocycles. The van der Waals surface area contributed by atoms with Crippen LogP contribution in [0.25, 0.3) is 11.0 Å². The number of amides is 1. The Hall–Kier alpha value is -2.86. The molecular formula is C17H18N4O2. The van der Waals surface area contributed by atoms with Gasteiger partial charge in [0.05, 0.1) is 16.7 Å². The number of carbonyl (C=O) groups excluding carboxylic acids is 1. The topological polar surface area (TPSA) is 104 Å². The molecule has 1 heterocycles. The first-order valence-corrected chi connectivity index (χ1v) is 7.32. The van der Waals surface area contributed by atoms with Crippen molar-refractivity contribution in [1.29, 1.82) is 0 Å². The Kier molecular flexibility index (Phi) is 3.75. The van der Waals surface area contributed by atoms with E-state index in [-0.39, 0.29) is 11.6 Å². The van der Waals surface area contributed by atoms with Crippen molar-refractivity contribution in [2.24, 2.45) is 5.73 Å². The summed E-state index contributed by atoms with van der Waals surface area (Å²) in [6, 6.07) is 9.01. The second-order valence-corrected chi connectivity index (χ2v) is 5.55. The first kappa shape index (κ1) is 15.1. The molecule has 2 aromatic carbocycles. The fourth-order valence-corrected chi connectivity index (χ4v) is 2.55. The molecule has 3 rings (SSSR count). The molecule has 6 heteroatoms. The monoisotopic (exact) mass is 310 g/mol. The quantitative estimate of drug-likeness (QED) is 0.596. The lowest BCUT2D eigenvalue weighted by atomic mass is 10.1. The summed E-state index contributed by atoms with van der Waals surface area (Å²) in [4.78, 5) is 29.5. The summed E-state index contributed by atoms with van der Waals surface area (Å²) in [6.07, 6.45) is 0. The number of nitrogens with one attached hydrogen (secondary N) is 3. The number of imidazole rings is 1. The molecule has 118 valence electrons. The van der Waals surface area contributed by atoms with Gasteiger partial charge in [0.15, 0.2) is 0 Å². The number of aryl methyl sites for hydroxylation is 1. The van der Waals surface area contributed by atoms with Gasteiger partial charge in [-0.2, -0.15) is 0 Å². The molecule has 0 aliphatic heterocycles. The maximum atomic E-state index is 12.5. The summed E-state index contributed by atoms with van der Waals surface area (Å²) < 4.78 is 0. The first-order chi connectivity index (χ1) is 11.0. The maximum absolute atomic E-state index is 12.5. The van der Waals surface area contributed by atoms with Gasteiger partial charge in [0.1, 0.15) is 0 Å². The van der Waals surface area contributed by atoms with Gasteiger partial charge in [0.2, 0.25) is 0 Å². The molecular weight excluding hydrogens is 292 g/mol. The van der Waals surface area contributed by atoms with Crippen LogP contribution in [0.4, 0.5) is 5.69 Å². The van der Waals surface area contributed by atoms with Crippen molar-refractivity contribution in [3.63, 3.8) is 0 Å². The van der Waals surface area contributed by atoms with Crippen molar-refractivity contribution >= 4 is 22.6 Å². The summed E-state index contributed by atoms with van der Waals surface area (Å²) in [7, 11) is 0. The van der Waals surface area contributed by atoms with Crippen LogP contribution in [0.5, 0.6) is 0 Å². The van der Waals surface area contributed by atoms with E-state index in [0.29, 0.717) is 28.8 Å². The largest absolute Gasteiger partial charge is 0.326 e. The van der Waals surface area contributed by atoms with Gasteiger partial charge in [-0.25, -0.2) is 4.79 Å². The summed E-state index contributed by atoms with van der Waals surface area (Å²) >= 11 is 0. The lowest BCUT2D eigenvalue weighted by Gasteiger charge is -2.12. The highest BCUT2D eigenvalue weighted by Gasteiger charge is 2.14. The fraction of sp³-hybridized carbons (Fsp3) is 0.176. The third kappa shape index (κ3) is 2.76. The maximum Gasteiger partial charge on any atom is 0.323 e. The van der Waals surface area contributed by atoms with Crippen LogP contribution in [-0.4, -0.2) is 15.9 Å². The predicted octanol–water partition coefficient (Wildman–Crippen LogP) is 2.18. The molecule has 5 N–H and O–H groups in total. The second-order valence-electron chi connectivity index (χ2n) is 5.55. The highest BCUT2D eigenvalue weighted by molar-refractivity contribution is 6.08. The number of aromatic amines is 2. The number of carbonyl (C=O) groups is 1. The Labute approximate surface area is 132 Å². The molecule has 0 spiro atoms. The van der Waals surface area contributed by atoms with Gasteiger partial charge < -0.3 is 21.0 Å². The van der Waals surface area contributed by atoms with Crippen molar-refractivity contribution in [2.75, 3.05) is 5.32 Å². The van der Waals surface area contributed by atoms with E-state index >= 15 is 0 Å². The Morgan fingerprint density at radius 3 is 2.52 bits per heavy atom. The minimum absolute atomic E-state index is 0.231. The van der Waals surface area contributed by atoms with Crippen molar-refractivity contribution in [3.05, 3.63) is 63.1 Å². The molecule has 6 nitrogen and oxygen atoms in total. The molecule has 0 unspecified atom stereocenters. The minimum atomic E-state index is -0.298. The number of hydrogen-bond acceptors (Lipinski definition) is 3.